The zero-order valence-corrected chi connectivity index (χ0v) is 32.2. The Hall–Kier alpha value is -7.57. The summed E-state index contributed by atoms with van der Waals surface area (Å²) in [6.45, 7) is 0.130. The molecule has 6 N–H and O–H groups in total. The van der Waals surface area contributed by atoms with Crippen molar-refractivity contribution in [3.8, 4) is 23.0 Å². The van der Waals surface area contributed by atoms with Crippen molar-refractivity contribution in [3.63, 3.8) is 0 Å². The van der Waals surface area contributed by atoms with E-state index in [0.29, 0.717) is 28.0 Å². The van der Waals surface area contributed by atoms with E-state index in [-0.39, 0.29) is 63.6 Å². The molecule has 0 atom stereocenters. The van der Waals surface area contributed by atoms with Crippen molar-refractivity contribution in [2.75, 3.05) is 10.8 Å². The number of phenolic OH excluding ortho intramolecular Hbond substituents is 4. The Kier molecular flexibility index (Phi) is 13.6. The summed E-state index contributed by atoms with van der Waals surface area (Å²) in [4.78, 5) is 18.3. The minimum atomic E-state index is -0.460. The number of nitrogens with zero attached hydrogens (tertiary/aromatic N) is 4. The van der Waals surface area contributed by atoms with Crippen LogP contribution in [0.25, 0.3) is 21.5 Å². The zero-order chi connectivity index (χ0) is 40.3. The third kappa shape index (κ3) is 10.1. The number of amides is 1. The number of hydrogen-bond acceptors (Lipinski definition) is 11. The van der Waals surface area contributed by atoms with Gasteiger partial charge in [-0.15, -0.1) is 20.5 Å². The van der Waals surface area contributed by atoms with Gasteiger partial charge < -0.3 is 25.7 Å². The van der Waals surface area contributed by atoms with Crippen LogP contribution in [0.4, 0.5) is 34.1 Å². The third-order valence-electron chi connectivity index (χ3n) is 8.82. The van der Waals surface area contributed by atoms with Crippen LogP contribution in [0, 0.1) is 0 Å². The van der Waals surface area contributed by atoms with Gasteiger partial charge in [-0.3, -0.25) is 15.1 Å². The first-order valence-corrected chi connectivity index (χ1v) is 18.0. The summed E-state index contributed by atoms with van der Waals surface area (Å²) in [5.74, 6) is -0.767. The van der Waals surface area contributed by atoms with Gasteiger partial charge in [0.2, 0.25) is 0 Å². The Balaban J connectivity index is 0.000000195. The number of hydrogen-bond donors (Lipinski definition) is 6. The molecule has 0 bridgehead atoms. The quantitative estimate of drug-likeness (QED) is 0.0451. The van der Waals surface area contributed by atoms with Gasteiger partial charge in [-0.1, -0.05) is 109 Å². The summed E-state index contributed by atoms with van der Waals surface area (Å²) in [7, 11) is 0. The second-order valence-corrected chi connectivity index (χ2v) is 12.8. The standard InChI is InChI=1S/C23H19N3O3.C23H17N3O3.Fe/c27-21-13-7-6-12-20(21)24-25-22-19-11-5-4-8-16(19)14-17(23(22)28)15-29-26-18-9-2-1-3-10-18;27-20-13-7-6-12-19(20)25-26-21-17-11-5-4-8-15(17)14-18(22(21)28)23(29)24-16-9-2-1-3-10-16;/h1-14,26-28H,15H2;1-14,27-28H,(H,24,29);. The van der Waals surface area contributed by atoms with Gasteiger partial charge in [0.25, 0.3) is 5.91 Å². The van der Waals surface area contributed by atoms with Crippen molar-refractivity contribution < 1.29 is 47.1 Å². The molecule has 0 spiro atoms. The van der Waals surface area contributed by atoms with Gasteiger partial charge in [-0.25, -0.2) is 0 Å². The third-order valence-corrected chi connectivity index (χ3v) is 8.82. The number of rotatable bonds is 10. The number of nitrogens with one attached hydrogen (secondary N) is 2. The number of anilines is 2. The Bertz CT molecular complexity index is 2770. The van der Waals surface area contributed by atoms with Crippen molar-refractivity contribution in [1.29, 1.82) is 0 Å². The van der Waals surface area contributed by atoms with Gasteiger partial charge in [-0.2, -0.15) is 0 Å². The molecule has 8 aromatic carbocycles. The fourth-order valence-electron chi connectivity index (χ4n) is 5.91. The van der Waals surface area contributed by atoms with Gasteiger partial charge in [0.15, 0.2) is 5.75 Å². The molecule has 1 amide bonds. The van der Waals surface area contributed by atoms with E-state index in [1.54, 1.807) is 60.7 Å². The SMILES string of the molecule is O=C(Nc1ccccc1)c1cc2ccccc2c(N=Nc2ccccc2O)c1O.Oc1ccccc1N=Nc1c(O)c(CONc2ccccc2)cc2ccccc12.[Fe]. The molecule has 0 saturated heterocycles. The van der Waals surface area contributed by atoms with Crippen molar-refractivity contribution in [1.82, 2.24) is 0 Å². The normalized spacial score (nSPS) is 10.9. The Labute approximate surface area is 349 Å². The zero-order valence-electron chi connectivity index (χ0n) is 31.1. The first-order valence-electron chi connectivity index (χ1n) is 18.0. The van der Waals surface area contributed by atoms with Crippen LogP contribution < -0.4 is 10.8 Å². The summed E-state index contributed by atoms with van der Waals surface area (Å²) in [6, 6.07) is 49.9. The summed E-state index contributed by atoms with van der Waals surface area (Å²) in [5.41, 5.74) is 5.99. The van der Waals surface area contributed by atoms with E-state index in [9.17, 15) is 25.2 Å². The minimum Gasteiger partial charge on any atom is -0.506 e. The predicted octanol–water partition coefficient (Wildman–Crippen LogP) is 12.1. The maximum absolute atomic E-state index is 12.8. The molecule has 0 unspecified atom stereocenters. The molecule has 12 nitrogen and oxygen atoms in total. The van der Waals surface area contributed by atoms with Crippen LogP contribution in [0.5, 0.6) is 23.0 Å². The average molecular weight is 825 g/mol. The van der Waals surface area contributed by atoms with Gasteiger partial charge in [-0.05, 0) is 71.4 Å². The second kappa shape index (κ2) is 19.5. The number of para-hydroxylation sites is 4. The molecule has 294 valence electrons. The van der Waals surface area contributed by atoms with Gasteiger partial charge in [0, 0.05) is 39.1 Å². The van der Waals surface area contributed by atoms with Crippen molar-refractivity contribution in [2.45, 2.75) is 6.61 Å². The molecule has 0 fully saturated rings. The van der Waals surface area contributed by atoms with Gasteiger partial charge >= 0.3 is 0 Å². The molecule has 0 heterocycles. The van der Waals surface area contributed by atoms with Crippen LogP contribution in [0.2, 0.25) is 0 Å². The molecule has 0 saturated carbocycles. The number of fused-ring (bicyclic) bond motifs is 2. The molecule has 0 radical (unpaired) electrons. The molecule has 13 heteroatoms. The summed E-state index contributed by atoms with van der Waals surface area (Å²) < 4.78 is 0. The van der Waals surface area contributed by atoms with Gasteiger partial charge in [0.1, 0.15) is 46.6 Å². The summed E-state index contributed by atoms with van der Waals surface area (Å²) in [5, 5.41) is 63.8. The van der Waals surface area contributed by atoms with E-state index in [4.69, 9.17) is 4.84 Å². The number of azo groups is 2. The summed E-state index contributed by atoms with van der Waals surface area (Å²) >= 11 is 0. The van der Waals surface area contributed by atoms with E-state index in [1.807, 2.05) is 97.1 Å². The molecule has 0 aliphatic rings. The molecule has 0 aliphatic carbocycles. The average Bonchev–Trinajstić information content (AvgIpc) is 3.25. The molecule has 59 heavy (non-hydrogen) atoms. The first kappa shape index (κ1) is 41.1. The Morgan fingerprint density at radius 3 is 1.53 bits per heavy atom. The van der Waals surface area contributed by atoms with E-state index in [1.165, 1.54) is 12.1 Å². The van der Waals surface area contributed by atoms with Crippen LogP contribution in [-0.4, -0.2) is 26.3 Å². The monoisotopic (exact) mass is 824 g/mol. The first-order chi connectivity index (χ1) is 28.4. The second-order valence-electron chi connectivity index (χ2n) is 12.8. The fraction of sp³-hybridized carbons (Fsp3) is 0.0217. The van der Waals surface area contributed by atoms with Crippen LogP contribution in [0.15, 0.2) is 190 Å². The van der Waals surface area contributed by atoms with Crippen molar-refractivity contribution in [2.24, 2.45) is 20.5 Å². The maximum Gasteiger partial charge on any atom is 0.259 e. The fourth-order valence-corrected chi connectivity index (χ4v) is 5.91. The Morgan fingerprint density at radius 2 is 0.966 bits per heavy atom. The number of carbonyl (C=O) groups excluding carboxylic acids is 1. The topological polar surface area (TPSA) is 181 Å². The number of benzene rings is 8. The van der Waals surface area contributed by atoms with Crippen LogP contribution in [-0.2, 0) is 28.5 Å². The predicted molar refractivity (Wildman–Crippen MR) is 225 cm³/mol. The maximum atomic E-state index is 12.8. The largest absolute Gasteiger partial charge is 0.506 e. The van der Waals surface area contributed by atoms with Crippen LogP contribution in [0.3, 0.4) is 0 Å². The van der Waals surface area contributed by atoms with Crippen LogP contribution in [0.1, 0.15) is 15.9 Å². The van der Waals surface area contributed by atoms with E-state index < -0.39 is 5.91 Å². The molecular formula is C46H36FeN6O6. The van der Waals surface area contributed by atoms with Crippen LogP contribution >= 0.6 is 0 Å². The van der Waals surface area contributed by atoms with E-state index >= 15 is 0 Å². The smallest absolute Gasteiger partial charge is 0.259 e. The minimum absolute atomic E-state index is 0. The van der Waals surface area contributed by atoms with Crippen molar-refractivity contribution >= 4 is 61.6 Å². The molecule has 0 aromatic heterocycles. The summed E-state index contributed by atoms with van der Waals surface area (Å²) in [6.07, 6.45) is 0. The number of phenols is 4. The van der Waals surface area contributed by atoms with Gasteiger partial charge in [0.05, 0.1) is 11.3 Å². The Morgan fingerprint density at radius 1 is 0.508 bits per heavy atom. The molecule has 0 aliphatic heterocycles. The number of carbonyl (C=O) groups is 1. The van der Waals surface area contributed by atoms with E-state index in [2.05, 4.69) is 31.3 Å². The molecule has 8 rings (SSSR count). The van der Waals surface area contributed by atoms with E-state index in [0.717, 1.165) is 21.8 Å². The molecular weight excluding hydrogens is 788 g/mol. The molecule has 8 aromatic rings. The van der Waals surface area contributed by atoms with Crippen molar-refractivity contribution in [3.05, 3.63) is 181 Å². The number of aromatic hydroxyl groups is 4.